The first-order valence-corrected chi connectivity index (χ1v) is 7.50. The number of nitrogens with zero attached hydrogens (tertiary/aromatic N) is 1. The number of aryl methyl sites for hydroxylation is 1. The van der Waals surface area contributed by atoms with Gasteiger partial charge in [-0.3, -0.25) is 4.98 Å². The second kappa shape index (κ2) is 6.47. The lowest BCUT2D eigenvalue weighted by Crippen LogP contribution is -2.14. The number of aromatic nitrogens is 1. The van der Waals surface area contributed by atoms with E-state index >= 15 is 0 Å². The smallest absolute Gasteiger partial charge is 0.141 e. The Morgan fingerprint density at radius 1 is 1.42 bits per heavy atom. The van der Waals surface area contributed by atoms with Gasteiger partial charge in [0.2, 0.25) is 0 Å². The average Bonchev–Trinajstić information content (AvgIpc) is 2.80. The molecule has 0 saturated heterocycles. The van der Waals surface area contributed by atoms with Gasteiger partial charge in [-0.2, -0.15) is 0 Å². The molecule has 0 atom stereocenters. The van der Waals surface area contributed by atoms with Crippen molar-refractivity contribution in [1.29, 1.82) is 0 Å². The van der Waals surface area contributed by atoms with Gasteiger partial charge < -0.3 is 15.5 Å². The molecule has 6 heteroatoms. The average molecular weight is 343 g/mol. The summed E-state index contributed by atoms with van der Waals surface area (Å²) < 4.78 is 1.08. The molecule has 19 heavy (non-hydrogen) atoms. The number of pyridine rings is 1. The van der Waals surface area contributed by atoms with Crippen LogP contribution in [0.1, 0.15) is 21.7 Å². The van der Waals surface area contributed by atoms with Crippen LogP contribution < -0.4 is 5.32 Å². The van der Waals surface area contributed by atoms with Gasteiger partial charge in [0.25, 0.3) is 0 Å². The second-order valence-electron chi connectivity index (χ2n) is 4.19. The summed E-state index contributed by atoms with van der Waals surface area (Å²) in [4.78, 5) is 5.25. The minimum Gasteiger partial charge on any atom is -0.506 e. The fourth-order valence-corrected chi connectivity index (χ4v) is 3.20. The third kappa shape index (κ3) is 3.54. The Morgan fingerprint density at radius 3 is 2.84 bits per heavy atom. The van der Waals surface area contributed by atoms with Gasteiger partial charge in [-0.25, -0.2) is 0 Å². The zero-order valence-electron chi connectivity index (χ0n) is 10.5. The van der Waals surface area contributed by atoms with E-state index in [1.165, 1.54) is 4.88 Å². The highest BCUT2D eigenvalue weighted by Gasteiger charge is 2.11. The van der Waals surface area contributed by atoms with E-state index in [9.17, 15) is 10.2 Å². The minimum atomic E-state index is -0.123. The molecule has 4 nitrogen and oxygen atoms in total. The van der Waals surface area contributed by atoms with E-state index in [2.05, 4.69) is 32.3 Å². The Morgan fingerprint density at radius 2 is 2.21 bits per heavy atom. The number of thiophene rings is 1. The molecule has 0 amide bonds. The second-order valence-corrected chi connectivity index (χ2v) is 6.10. The van der Waals surface area contributed by atoms with Gasteiger partial charge in [-0.1, -0.05) is 0 Å². The number of hydrogen-bond acceptors (Lipinski definition) is 5. The highest BCUT2D eigenvalue weighted by Crippen LogP contribution is 2.24. The van der Waals surface area contributed by atoms with Crippen molar-refractivity contribution in [3.8, 4) is 5.75 Å². The first-order chi connectivity index (χ1) is 9.11. The summed E-state index contributed by atoms with van der Waals surface area (Å²) in [6, 6.07) is 2.06. The van der Waals surface area contributed by atoms with Crippen LogP contribution in [0.25, 0.3) is 0 Å². The molecule has 0 spiro atoms. The monoisotopic (exact) mass is 342 g/mol. The number of rotatable bonds is 5. The zero-order valence-corrected chi connectivity index (χ0v) is 12.9. The van der Waals surface area contributed by atoms with E-state index < -0.39 is 0 Å². The van der Waals surface area contributed by atoms with Crippen molar-refractivity contribution in [3.05, 3.63) is 43.8 Å². The predicted octanol–water partition coefficient (Wildman–Crippen LogP) is 2.70. The van der Waals surface area contributed by atoms with E-state index in [4.69, 9.17) is 0 Å². The maximum absolute atomic E-state index is 9.99. The Labute approximate surface area is 124 Å². The van der Waals surface area contributed by atoms with E-state index in [1.807, 2.05) is 5.38 Å². The molecule has 0 aliphatic rings. The van der Waals surface area contributed by atoms with E-state index in [0.717, 1.165) is 11.0 Å². The third-order valence-electron chi connectivity index (χ3n) is 2.82. The maximum Gasteiger partial charge on any atom is 0.141 e. The molecule has 2 aromatic heterocycles. The zero-order chi connectivity index (χ0) is 13.8. The highest BCUT2D eigenvalue weighted by molar-refractivity contribution is 9.10. The van der Waals surface area contributed by atoms with Crippen molar-refractivity contribution in [2.45, 2.75) is 26.6 Å². The van der Waals surface area contributed by atoms with Crippen LogP contribution in [0.2, 0.25) is 0 Å². The molecule has 0 aromatic carbocycles. The molecule has 2 heterocycles. The lowest BCUT2D eigenvalue weighted by atomic mass is 10.1. The van der Waals surface area contributed by atoms with E-state index in [1.54, 1.807) is 24.5 Å². The number of halogens is 1. The van der Waals surface area contributed by atoms with Gasteiger partial charge in [-0.05, 0) is 28.9 Å². The van der Waals surface area contributed by atoms with Gasteiger partial charge >= 0.3 is 0 Å². The standard InChI is InChI=1S/C13H15BrN2O2S/c1-8-13(18)12(9(6-17)3-16-8)5-15-4-11-2-10(14)7-19-11/h2-3,7,15,17-18H,4-6H2,1H3. The van der Waals surface area contributed by atoms with Crippen LogP contribution in [0.5, 0.6) is 5.75 Å². The Hall–Kier alpha value is -0.950. The molecule has 0 radical (unpaired) electrons. The number of nitrogens with one attached hydrogen (secondary N) is 1. The van der Waals surface area contributed by atoms with Crippen molar-refractivity contribution >= 4 is 27.3 Å². The predicted molar refractivity (Wildman–Crippen MR) is 79.1 cm³/mol. The topological polar surface area (TPSA) is 65.4 Å². The summed E-state index contributed by atoms with van der Waals surface area (Å²) in [6.45, 7) is 2.85. The molecule has 0 saturated carbocycles. The SMILES string of the molecule is Cc1ncc(CO)c(CNCc2cc(Br)cs2)c1O. The number of aliphatic hydroxyl groups is 1. The van der Waals surface area contributed by atoms with Crippen LogP contribution >= 0.6 is 27.3 Å². The Kier molecular flexibility index (Phi) is 4.93. The third-order valence-corrected chi connectivity index (χ3v) is 4.52. The molecule has 2 rings (SSSR count). The van der Waals surface area contributed by atoms with Gasteiger partial charge in [0.05, 0.1) is 12.3 Å². The molecule has 0 aliphatic heterocycles. The highest BCUT2D eigenvalue weighted by atomic mass is 79.9. The van der Waals surface area contributed by atoms with Crippen molar-refractivity contribution in [1.82, 2.24) is 10.3 Å². The van der Waals surface area contributed by atoms with E-state index in [0.29, 0.717) is 23.4 Å². The van der Waals surface area contributed by atoms with Crippen molar-refractivity contribution in [3.63, 3.8) is 0 Å². The summed E-state index contributed by atoms with van der Waals surface area (Å²) in [6.07, 6.45) is 1.60. The summed E-state index contributed by atoms with van der Waals surface area (Å²) in [5, 5.41) is 24.6. The quantitative estimate of drug-likeness (QED) is 0.781. The van der Waals surface area contributed by atoms with Gasteiger partial charge in [0.15, 0.2) is 0 Å². The minimum absolute atomic E-state index is 0.123. The lowest BCUT2D eigenvalue weighted by molar-refractivity contribution is 0.278. The van der Waals surface area contributed by atoms with Gasteiger partial charge in [-0.15, -0.1) is 11.3 Å². The molecular weight excluding hydrogens is 328 g/mol. The molecule has 102 valence electrons. The molecule has 0 bridgehead atoms. The van der Waals surface area contributed by atoms with Crippen LogP contribution in [-0.2, 0) is 19.7 Å². The Balaban J connectivity index is 2.04. The molecule has 2 aromatic rings. The Bertz CT molecular complexity index is 572. The van der Waals surface area contributed by atoms with Crippen LogP contribution in [0.4, 0.5) is 0 Å². The van der Waals surface area contributed by atoms with Gasteiger partial charge in [0, 0.05) is 45.1 Å². The molecule has 3 N–H and O–H groups in total. The maximum atomic E-state index is 9.99. The first-order valence-electron chi connectivity index (χ1n) is 5.82. The van der Waals surface area contributed by atoms with E-state index in [-0.39, 0.29) is 12.4 Å². The molecule has 0 fully saturated rings. The van der Waals surface area contributed by atoms with Crippen molar-refractivity contribution < 1.29 is 10.2 Å². The van der Waals surface area contributed by atoms with Crippen LogP contribution in [0.15, 0.2) is 22.1 Å². The van der Waals surface area contributed by atoms with Crippen LogP contribution in [-0.4, -0.2) is 15.2 Å². The molecule has 0 aliphatic carbocycles. The van der Waals surface area contributed by atoms with Crippen LogP contribution in [0, 0.1) is 6.92 Å². The van der Waals surface area contributed by atoms with Crippen molar-refractivity contribution in [2.75, 3.05) is 0 Å². The molecule has 0 unspecified atom stereocenters. The first kappa shape index (κ1) is 14.5. The fourth-order valence-electron chi connectivity index (χ4n) is 1.77. The summed E-state index contributed by atoms with van der Waals surface area (Å²) in [5.74, 6) is 0.159. The lowest BCUT2D eigenvalue weighted by Gasteiger charge is -2.11. The summed E-state index contributed by atoms with van der Waals surface area (Å²) in [5.41, 5.74) is 1.95. The van der Waals surface area contributed by atoms with Crippen LogP contribution in [0.3, 0.4) is 0 Å². The number of hydrogen-bond donors (Lipinski definition) is 3. The van der Waals surface area contributed by atoms with Gasteiger partial charge in [0.1, 0.15) is 5.75 Å². The number of aromatic hydroxyl groups is 1. The molecular formula is C13H15BrN2O2S. The number of aliphatic hydroxyl groups excluding tert-OH is 1. The summed E-state index contributed by atoms with van der Waals surface area (Å²) >= 11 is 5.08. The fraction of sp³-hybridized carbons (Fsp3) is 0.308. The summed E-state index contributed by atoms with van der Waals surface area (Å²) in [7, 11) is 0. The largest absolute Gasteiger partial charge is 0.506 e. The normalized spacial score (nSPS) is 10.9. The van der Waals surface area contributed by atoms with Crippen molar-refractivity contribution in [2.24, 2.45) is 0 Å².